The molecule has 1 N–H and O–H groups in total. The summed E-state index contributed by atoms with van der Waals surface area (Å²) in [7, 11) is 0. The Morgan fingerprint density at radius 3 is 2.83 bits per heavy atom. The average Bonchev–Trinajstić information content (AvgIpc) is 3.47. The van der Waals surface area contributed by atoms with Crippen molar-refractivity contribution < 1.29 is 14.3 Å². The summed E-state index contributed by atoms with van der Waals surface area (Å²) >= 11 is 7.51. The quantitative estimate of drug-likeness (QED) is 0.303. The fraction of sp³-hybridized carbons (Fsp3) is 0.148. The smallest absolute Gasteiger partial charge is 0.337 e. The zero-order chi connectivity index (χ0) is 24.4. The van der Waals surface area contributed by atoms with E-state index < -0.39 is 5.97 Å². The Balaban J connectivity index is 1.34. The molecule has 5 rings (SSSR count). The molecule has 0 saturated carbocycles. The second-order valence-corrected chi connectivity index (χ2v) is 9.69. The van der Waals surface area contributed by atoms with Crippen LogP contribution in [-0.2, 0) is 19.5 Å². The van der Waals surface area contributed by atoms with Gasteiger partial charge in [-0.05, 0) is 47.9 Å². The number of rotatable bonds is 6. The third kappa shape index (κ3) is 4.91. The van der Waals surface area contributed by atoms with Crippen molar-refractivity contribution >= 4 is 40.1 Å². The molecule has 0 spiro atoms. The molecular weight excluding hydrogens is 482 g/mol. The summed E-state index contributed by atoms with van der Waals surface area (Å²) in [6.45, 7) is 2.58. The summed E-state index contributed by atoms with van der Waals surface area (Å²) in [6, 6.07) is 20.9. The number of hydrogen-bond donors (Lipinski definition) is 1. The summed E-state index contributed by atoms with van der Waals surface area (Å²) < 4.78 is 5.85. The Morgan fingerprint density at radius 2 is 2.06 bits per heavy atom. The Hall–Kier alpha value is -3.70. The summed E-state index contributed by atoms with van der Waals surface area (Å²) in [6.07, 6.45) is 2.42. The number of nitriles is 1. The van der Waals surface area contributed by atoms with Crippen LogP contribution in [0.5, 0.6) is 0 Å². The first-order valence-corrected chi connectivity index (χ1v) is 12.2. The molecule has 6 nitrogen and oxygen atoms in total. The summed E-state index contributed by atoms with van der Waals surface area (Å²) in [4.78, 5) is 19.5. The molecule has 0 radical (unpaired) electrons. The molecule has 0 aliphatic carbocycles. The SMILES string of the molecule is N#Cc1c(N=Cc2ccc(-c3ccc(Cl)c(C(=O)O)c3)o2)sc2c1CCN(Cc1ccccc1)C2. The van der Waals surface area contributed by atoms with E-state index >= 15 is 0 Å². The number of furan rings is 1. The van der Waals surface area contributed by atoms with E-state index in [-0.39, 0.29) is 10.6 Å². The monoisotopic (exact) mass is 501 g/mol. The first-order chi connectivity index (χ1) is 17.0. The van der Waals surface area contributed by atoms with Crippen molar-refractivity contribution in [1.29, 1.82) is 5.26 Å². The van der Waals surface area contributed by atoms with Gasteiger partial charge in [0.05, 0.1) is 22.4 Å². The molecule has 0 bridgehead atoms. The number of nitrogens with zero attached hydrogens (tertiary/aromatic N) is 3. The van der Waals surface area contributed by atoms with Crippen LogP contribution in [0.3, 0.4) is 0 Å². The number of carboxylic acids is 1. The fourth-order valence-electron chi connectivity index (χ4n) is 4.17. The molecule has 0 saturated heterocycles. The Morgan fingerprint density at radius 1 is 1.23 bits per heavy atom. The van der Waals surface area contributed by atoms with Crippen molar-refractivity contribution in [3.05, 3.63) is 98.6 Å². The van der Waals surface area contributed by atoms with Gasteiger partial charge in [-0.3, -0.25) is 4.90 Å². The standard InChI is InChI=1S/C27H20ClN3O3S/c28-23-8-6-18(12-21(23)27(32)33)24-9-7-19(34-24)14-30-26-22(13-29)20-10-11-31(16-25(20)35-26)15-17-4-2-1-3-5-17/h1-9,12,14H,10-11,15-16H2,(H,32,33). The minimum absolute atomic E-state index is 0.0138. The van der Waals surface area contributed by atoms with E-state index in [1.807, 2.05) is 6.07 Å². The van der Waals surface area contributed by atoms with Crippen molar-refractivity contribution in [3.8, 4) is 17.4 Å². The van der Waals surface area contributed by atoms with E-state index in [0.29, 0.717) is 27.6 Å². The second-order valence-electron chi connectivity index (χ2n) is 8.20. The zero-order valence-electron chi connectivity index (χ0n) is 18.6. The van der Waals surface area contributed by atoms with Gasteiger partial charge in [0, 0.05) is 30.1 Å². The number of thiophene rings is 1. The molecule has 0 fully saturated rings. The fourth-order valence-corrected chi connectivity index (χ4v) is 5.55. The number of carbonyl (C=O) groups is 1. The Bertz CT molecular complexity index is 1470. The van der Waals surface area contributed by atoms with Crippen molar-refractivity contribution in [2.75, 3.05) is 6.54 Å². The van der Waals surface area contributed by atoms with Gasteiger partial charge in [-0.15, -0.1) is 11.3 Å². The Kier molecular flexibility index (Phi) is 6.51. The lowest BCUT2D eigenvalue weighted by molar-refractivity contribution is 0.0697. The summed E-state index contributed by atoms with van der Waals surface area (Å²) in [5, 5.41) is 19.9. The third-order valence-corrected chi connectivity index (χ3v) is 7.35. The van der Waals surface area contributed by atoms with Gasteiger partial charge >= 0.3 is 5.97 Å². The molecule has 1 aliphatic rings. The highest BCUT2D eigenvalue weighted by atomic mass is 35.5. The number of halogens is 1. The van der Waals surface area contributed by atoms with Gasteiger partial charge in [-0.2, -0.15) is 5.26 Å². The van der Waals surface area contributed by atoms with Gasteiger partial charge in [-0.1, -0.05) is 41.9 Å². The van der Waals surface area contributed by atoms with Gasteiger partial charge in [0.1, 0.15) is 22.6 Å². The molecule has 0 amide bonds. The van der Waals surface area contributed by atoms with E-state index in [0.717, 1.165) is 31.6 Å². The topological polar surface area (TPSA) is 89.8 Å². The Labute approximate surface area is 211 Å². The largest absolute Gasteiger partial charge is 0.478 e. The van der Waals surface area contributed by atoms with E-state index in [2.05, 4.69) is 40.2 Å². The second kappa shape index (κ2) is 9.88. The number of fused-ring (bicyclic) bond motifs is 1. The zero-order valence-corrected chi connectivity index (χ0v) is 20.1. The van der Waals surface area contributed by atoms with Crippen LogP contribution in [0, 0.1) is 11.3 Å². The maximum atomic E-state index is 11.4. The van der Waals surface area contributed by atoms with E-state index in [1.165, 1.54) is 22.6 Å². The molecular formula is C27H20ClN3O3S. The highest BCUT2D eigenvalue weighted by Gasteiger charge is 2.24. The highest BCUT2D eigenvalue weighted by molar-refractivity contribution is 7.16. The summed E-state index contributed by atoms with van der Waals surface area (Å²) in [5.74, 6) is -0.0841. The molecule has 2 aromatic carbocycles. The maximum absolute atomic E-state index is 11.4. The van der Waals surface area contributed by atoms with Gasteiger partial charge in [0.2, 0.25) is 0 Å². The van der Waals surface area contributed by atoms with E-state index in [9.17, 15) is 15.2 Å². The van der Waals surface area contributed by atoms with Crippen LogP contribution in [0.25, 0.3) is 11.3 Å². The molecule has 174 valence electrons. The number of aromatic carboxylic acids is 1. The molecule has 4 aromatic rings. The number of hydrogen-bond acceptors (Lipinski definition) is 6. The van der Waals surface area contributed by atoms with Gasteiger partial charge in [0.25, 0.3) is 0 Å². The van der Waals surface area contributed by atoms with Gasteiger partial charge in [-0.25, -0.2) is 9.79 Å². The molecule has 3 heterocycles. The predicted molar refractivity (Wildman–Crippen MR) is 137 cm³/mol. The van der Waals surface area contributed by atoms with Crippen LogP contribution in [0.1, 0.15) is 37.7 Å². The van der Waals surface area contributed by atoms with Crippen molar-refractivity contribution in [2.45, 2.75) is 19.5 Å². The number of carboxylic acid groups (broad SMARTS) is 1. The third-order valence-electron chi connectivity index (χ3n) is 5.90. The summed E-state index contributed by atoms with van der Waals surface area (Å²) in [5.41, 5.74) is 3.62. The molecule has 0 atom stereocenters. The van der Waals surface area contributed by atoms with Crippen LogP contribution in [0.2, 0.25) is 5.02 Å². The van der Waals surface area contributed by atoms with E-state index in [1.54, 1.807) is 35.8 Å². The first kappa shape index (κ1) is 23.1. The lowest BCUT2D eigenvalue weighted by Gasteiger charge is -2.26. The van der Waals surface area contributed by atoms with Crippen LogP contribution < -0.4 is 0 Å². The maximum Gasteiger partial charge on any atom is 0.337 e. The number of benzene rings is 2. The molecule has 2 aromatic heterocycles. The van der Waals surface area contributed by atoms with Crippen molar-refractivity contribution in [2.24, 2.45) is 4.99 Å². The molecule has 1 aliphatic heterocycles. The minimum atomic E-state index is -1.10. The van der Waals surface area contributed by atoms with Crippen molar-refractivity contribution in [3.63, 3.8) is 0 Å². The predicted octanol–water partition coefficient (Wildman–Crippen LogP) is 6.54. The van der Waals surface area contributed by atoms with Crippen LogP contribution in [-0.4, -0.2) is 28.7 Å². The molecule has 8 heteroatoms. The lowest BCUT2D eigenvalue weighted by Crippen LogP contribution is -2.29. The first-order valence-electron chi connectivity index (χ1n) is 11.0. The van der Waals surface area contributed by atoms with Crippen LogP contribution in [0.4, 0.5) is 5.00 Å². The molecule has 0 unspecified atom stereocenters. The van der Waals surface area contributed by atoms with Crippen LogP contribution in [0.15, 0.2) is 70.1 Å². The lowest BCUT2D eigenvalue weighted by atomic mass is 10.0. The molecule has 35 heavy (non-hydrogen) atoms. The number of aliphatic imine (C=N–C) groups is 1. The normalized spacial score (nSPS) is 13.6. The van der Waals surface area contributed by atoms with Crippen LogP contribution >= 0.6 is 22.9 Å². The van der Waals surface area contributed by atoms with Crippen molar-refractivity contribution in [1.82, 2.24) is 4.90 Å². The van der Waals surface area contributed by atoms with Gasteiger partial charge in [0.15, 0.2) is 0 Å². The minimum Gasteiger partial charge on any atom is -0.478 e. The van der Waals surface area contributed by atoms with Gasteiger partial charge < -0.3 is 9.52 Å². The average molecular weight is 502 g/mol. The highest BCUT2D eigenvalue weighted by Crippen LogP contribution is 2.39. The van der Waals surface area contributed by atoms with E-state index in [4.69, 9.17) is 16.0 Å².